The van der Waals surface area contributed by atoms with E-state index in [1.165, 1.54) is 24.9 Å². The molecule has 1 heterocycles. The van der Waals surface area contributed by atoms with Gasteiger partial charge in [0.2, 0.25) is 0 Å². The number of rotatable bonds is 3. The predicted octanol–water partition coefficient (Wildman–Crippen LogP) is 3.90. The molecule has 4 N–H and O–H groups in total. The van der Waals surface area contributed by atoms with Gasteiger partial charge in [-0.1, -0.05) is 0 Å². The van der Waals surface area contributed by atoms with Gasteiger partial charge in [-0.25, -0.2) is 4.79 Å². The van der Waals surface area contributed by atoms with Crippen LogP contribution in [0.4, 0.5) is 27.5 Å². The number of urea groups is 1. The number of carbonyl (C=O) groups is 1. The smallest absolute Gasteiger partial charge is 0.323 e. The SMILES string of the molecule is Nc1ccc(NC(=O)Nc2ccc(N3CCCCC3)cc2)cc1. The van der Waals surface area contributed by atoms with Crippen LogP contribution in [0.2, 0.25) is 0 Å². The van der Waals surface area contributed by atoms with E-state index in [1.807, 2.05) is 12.1 Å². The van der Waals surface area contributed by atoms with Crippen LogP contribution in [-0.4, -0.2) is 19.1 Å². The largest absolute Gasteiger partial charge is 0.399 e. The van der Waals surface area contributed by atoms with Gasteiger partial charge in [-0.3, -0.25) is 0 Å². The number of carbonyl (C=O) groups excluding carboxylic acids is 1. The van der Waals surface area contributed by atoms with E-state index in [0.717, 1.165) is 18.8 Å². The number of nitrogen functional groups attached to an aromatic ring is 1. The normalized spacial score (nSPS) is 14.3. The van der Waals surface area contributed by atoms with Crippen molar-refractivity contribution in [3.05, 3.63) is 48.5 Å². The highest BCUT2D eigenvalue weighted by atomic mass is 16.2. The fraction of sp³-hybridized carbons (Fsp3) is 0.278. The average Bonchev–Trinajstić information content (AvgIpc) is 2.58. The van der Waals surface area contributed by atoms with E-state index in [0.29, 0.717) is 11.4 Å². The van der Waals surface area contributed by atoms with E-state index >= 15 is 0 Å². The molecule has 0 aromatic heterocycles. The number of benzene rings is 2. The average molecular weight is 310 g/mol. The molecule has 1 aliphatic heterocycles. The Hall–Kier alpha value is -2.69. The number of nitrogens with one attached hydrogen (secondary N) is 2. The molecule has 1 aliphatic rings. The minimum absolute atomic E-state index is 0.263. The van der Waals surface area contributed by atoms with Gasteiger partial charge in [-0.05, 0) is 67.8 Å². The number of anilines is 4. The molecule has 120 valence electrons. The molecule has 0 bridgehead atoms. The molecular weight excluding hydrogens is 288 g/mol. The zero-order valence-electron chi connectivity index (χ0n) is 13.1. The molecule has 0 atom stereocenters. The Balaban J connectivity index is 1.57. The first kappa shape index (κ1) is 15.2. The summed E-state index contributed by atoms with van der Waals surface area (Å²) in [5.41, 5.74) is 9.00. The Morgan fingerprint density at radius 2 is 1.35 bits per heavy atom. The molecule has 5 nitrogen and oxygen atoms in total. The molecule has 23 heavy (non-hydrogen) atoms. The van der Waals surface area contributed by atoms with E-state index in [9.17, 15) is 4.79 Å². The Morgan fingerprint density at radius 3 is 1.91 bits per heavy atom. The van der Waals surface area contributed by atoms with Crippen molar-refractivity contribution in [1.82, 2.24) is 0 Å². The third kappa shape index (κ3) is 4.16. The van der Waals surface area contributed by atoms with Gasteiger partial charge in [-0.15, -0.1) is 0 Å². The van der Waals surface area contributed by atoms with Crippen molar-refractivity contribution in [2.45, 2.75) is 19.3 Å². The van der Waals surface area contributed by atoms with Crippen molar-refractivity contribution in [2.24, 2.45) is 0 Å². The molecule has 2 aromatic rings. The van der Waals surface area contributed by atoms with Crippen molar-refractivity contribution in [2.75, 3.05) is 34.4 Å². The summed E-state index contributed by atoms with van der Waals surface area (Å²) in [4.78, 5) is 14.4. The van der Waals surface area contributed by atoms with Crippen molar-refractivity contribution in [1.29, 1.82) is 0 Å². The van der Waals surface area contributed by atoms with Crippen molar-refractivity contribution < 1.29 is 4.79 Å². The van der Waals surface area contributed by atoms with Crippen molar-refractivity contribution in [3.8, 4) is 0 Å². The highest BCUT2D eigenvalue weighted by molar-refractivity contribution is 5.99. The van der Waals surface area contributed by atoms with Crippen LogP contribution in [0.1, 0.15) is 19.3 Å². The third-order valence-electron chi connectivity index (χ3n) is 4.01. The summed E-state index contributed by atoms with van der Waals surface area (Å²) in [5.74, 6) is 0. The van der Waals surface area contributed by atoms with Crippen LogP contribution in [0, 0.1) is 0 Å². The molecule has 0 saturated carbocycles. The van der Waals surface area contributed by atoms with E-state index in [2.05, 4.69) is 27.7 Å². The third-order valence-corrected chi connectivity index (χ3v) is 4.01. The minimum atomic E-state index is -0.263. The molecule has 2 amide bonds. The maximum absolute atomic E-state index is 12.0. The van der Waals surface area contributed by atoms with Crippen LogP contribution in [0.25, 0.3) is 0 Å². The van der Waals surface area contributed by atoms with Gasteiger partial charge in [-0.2, -0.15) is 0 Å². The molecular formula is C18H22N4O. The highest BCUT2D eigenvalue weighted by Crippen LogP contribution is 2.22. The number of nitrogens with zero attached hydrogens (tertiary/aromatic N) is 1. The second-order valence-electron chi connectivity index (χ2n) is 5.80. The number of piperidine rings is 1. The second-order valence-corrected chi connectivity index (χ2v) is 5.80. The van der Waals surface area contributed by atoms with E-state index in [1.54, 1.807) is 24.3 Å². The lowest BCUT2D eigenvalue weighted by molar-refractivity contribution is 0.262. The Kier molecular flexibility index (Phi) is 4.66. The monoisotopic (exact) mass is 310 g/mol. The van der Waals surface area contributed by atoms with Crippen LogP contribution in [0.3, 0.4) is 0 Å². The van der Waals surface area contributed by atoms with Gasteiger partial charge < -0.3 is 21.3 Å². The lowest BCUT2D eigenvalue weighted by Gasteiger charge is -2.28. The van der Waals surface area contributed by atoms with Gasteiger partial charge in [0.05, 0.1) is 0 Å². The van der Waals surface area contributed by atoms with Crippen LogP contribution in [0.15, 0.2) is 48.5 Å². The zero-order valence-corrected chi connectivity index (χ0v) is 13.1. The summed E-state index contributed by atoms with van der Waals surface area (Å²) in [5, 5.41) is 5.61. The van der Waals surface area contributed by atoms with E-state index < -0.39 is 0 Å². The van der Waals surface area contributed by atoms with Gasteiger partial charge in [0.15, 0.2) is 0 Å². The van der Waals surface area contributed by atoms with Crippen LogP contribution in [0.5, 0.6) is 0 Å². The topological polar surface area (TPSA) is 70.4 Å². The Morgan fingerprint density at radius 1 is 0.826 bits per heavy atom. The first-order valence-electron chi connectivity index (χ1n) is 7.99. The van der Waals surface area contributed by atoms with Gasteiger partial charge in [0.1, 0.15) is 0 Å². The number of hydrogen-bond donors (Lipinski definition) is 3. The summed E-state index contributed by atoms with van der Waals surface area (Å²) in [7, 11) is 0. The summed E-state index contributed by atoms with van der Waals surface area (Å²) in [6, 6.07) is 14.8. The minimum Gasteiger partial charge on any atom is -0.399 e. The second kappa shape index (κ2) is 7.05. The number of amides is 2. The number of nitrogens with two attached hydrogens (primary N) is 1. The summed E-state index contributed by atoms with van der Waals surface area (Å²) >= 11 is 0. The van der Waals surface area contributed by atoms with E-state index in [4.69, 9.17) is 5.73 Å². The van der Waals surface area contributed by atoms with Crippen molar-refractivity contribution in [3.63, 3.8) is 0 Å². The summed E-state index contributed by atoms with van der Waals surface area (Å²) in [6.45, 7) is 2.23. The maximum atomic E-state index is 12.0. The summed E-state index contributed by atoms with van der Waals surface area (Å²) in [6.07, 6.45) is 3.83. The lowest BCUT2D eigenvalue weighted by atomic mass is 10.1. The Bertz CT molecular complexity index is 646. The fourth-order valence-corrected chi connectivity index (χ4v) is 2.77. The van der Waals surface area contributed by atoms with E-state index in [-0.39, 0.29) is 6.03 Å². The first-order chi connectivity index (χ1) is 11.2. The van der Waals surface area contributed by atoms with Gasteiger partial charge >= 0.3 is 6.03 Å². The molecule has 0 aliphatic carbocycles. The van der Waals surface area contributed by atoms with Crippen LogP contribution in [-0.2, 0) is 0 Å². The highest BCUT2D eigenvalue weighted by Gasteiger charge is 2.10. The molecule has 1 saturated heterocycles. The zero-order chi connectivity index (χ0) is 16.1. The van der Waals surface area contributed by atoms with Gasteiger partial charge in [0.25, 0.3) is 0 Å². The lowest BCUT2D eigenvalue weighted by Crippen LogP contribution is -2.29. The quantitative estimate of drug-likeness (QED) is 0.753. The maximum Gasteiger partial charge on any atom is 0.323 e. The molecule has 2 aromatic carbocycles. The molecule has 0 radical (unpaired) electrons. The molecule has 5 heteroatoms. The molecule has 0 spiro atoms. The standard InChI is InChI=1S/C18H22N4O/c19-14-4-6-15(7-5-14)20-18(23)21-16-8-10-17(11-9-16)22-12-2-1-3-13-22/h4-11H,1-3,12-13,19H2,(H2,20,21,23). The first-order valence-corrected chi connectivity index (χ1v) is 7.99. The molecule has 3 rings (SSSR count). The van der Waals surface area contributed by atoms with Gasteiger partial charge in [0, 0.05) is 35.8 Å². The molecule has 1 fully saturated rings. The fourth-order valence-electron chi connectivity index (χ4n) is 2.77. The van der Waals surface area contributed by atoms with Crippen LogP contribution >= 0.6 is 0 Å². The number of hydrogen-bond acceptors (Lipinski definition) is 3. The van der Waals surface area contributed by atoms with Crippen molar-refractivity contribution >= 4 is 28.8 Å². The Labute approximate surface area is 136 Å². The molecule has 0 unspecified atom stereocenters. The summed E-state index contributed by atoms with van der Waals surface area (Å²) < 4.78 is 0. The van der Waals surface area contributed by atoms with Crippen LogP contribution < -0.4 is 21.3 Å². The predicted molar refractivity (Wildman–Crippen MR) is 96.0 cm³/mol.